The van der Waals surface area contributed by atoms with Crippen LogP contribution >= 0.6 is 0 Å². The number of nitrogens with one attached hydrogen (secondary N) is 1. The van der Waals surface area contributed by atoms with E-state index in [9.17, 15) is 9.59 Å². The number of amides is 2. The number of hydrogen-bond acceptors (Lipinski definition) is 4. The monoisotopic (exact) mass is 392 g/mol. The van der Waals surface area contributed by atoms with Crippen molar-refractivity contribution in [2.24, 2.45) is 5.92 Å². The largest absolute Gasteiger partial charge is 0.493 e. The van der Waals surface area contributed by atoms with Crippen molar-refractivity contribution in [3.63, 3.8) is 0 Å². The normalized spacial score (nSPS) is 14.4. The molecule has 29 heavy (non-hydrogen) atoms. The first-order valence-corrected chi connectivity index (χ1v) is 9.97. The lowest BCUT2D eigenvalue weighted by Crippen LogP contribution is -2.38. The molecule has 1 heterocycles. The summed E-state index contributed by atoms with van der Waals surface area (Å²) in [4.78, 5) is 27.4. The molecule has 0 bridgehead atoms. The number of imide groups is 1. The molecule has 1 N–H and O–H groups in total. The van der Waals surface area contributed by atoms with Crippen LogP contribution in [0.3, 0.4) is 0 Å². The van der Waals surface area contributed by atoms with Crippen molar-refractivity contribution in [3.05, 3.63) is 65.4 Å². The summed E-state index contributed by atoms with van der Waals surface area (Å²) in [7, 11) is 0. The average molecular weight is 392 g/mol. The summed E-state index contributed by atoms with van der Waals surface area (Å²) in [6, 6.07) is 14.8. The quantitative estimate of drug-likeness (QED) is 0.698. The second-order valence-electron chi connectivity index (χ2n) is 8.05. The number of nitrogens with zero attached hydrogens (tertiary/aromatic N) is 1. The van der Waals surface area contributed by atoms with E-state index in [1.165, 1.54) is 4.90 Å². The lowest BCUT2D eigenvalue weighted by Gasteiger charge is -2.19. The highest BCUT2D eigenvalue weighted by Gasteiger charge is 2.40. The summed E-state index contributed by atoms with van der Waals surface area (Å²) >= 11 is 0. The Morgan fingerprint density at radius 1 is 0.966 bits per heavy atom. The Kier molecular flexibility index (Phi) is 6.06. The van der Waals surface area contributed by atoms with Gasteiger partial charge in [0.1, 0.15) is 11.4 Å². The summed E-state index contributed by atoms with van der Waals surface area (Å²) in [5.74, 6) is 0.586. The van der Waals surface area contributed by atoms with Crippen LogP contribution in [0.2, 0.25) is 0 Å². The first-order valence-electron chi connectivity index (χ1n) is 9.97. The van der Waals surface area contributed by atoms with Gasteiger partial charge in [-0.3, -0.25) is 14.5 Å². The van der Waals surface area contributed by atoms with E-state index in [2.05, 4.69) is 19.2 Å². The molecule has 2 aromatic carbocycles. The van der Waals surface area contributed by atoms with Crippen LogP contribution in [0.25, 0.3) is 5.57 Å². The molecule has 1 aliphatic heterocycles. The average Bonchev–Trinajstić information content (AvgIpc) is 2.90. The van der Waals surface area contributed by atoms with Crippen molar-refractivity contribution in [2.45, 2.75) is 40.7 Å². The van der Waals surface area contributed by atoms with Crippen molar-refractivity contribution in [1.29, 1.82) is 0 Å². The summed E-state index contributed by atoms with van der Waals surface area (Å²) in [5.41, 5.74) is 3.24. The molecule has 0 atom stereocenters. The van der Waals surface area contributed by atoms with E-state index in [1.807, 2.05) is 69.3 Å². The van der Waals surface area contributed by atoms with Gasteiger partial charge in [0.25, 0.3) is 11.8 Å². The van der Waals surface area contributed by atoms with Gasteiger partial charge in [0.05, 0.1) is 12.2 Å². The van der Waals surface area contributed by atoms with Crippen molar-refractivity contribution in [3.8, 4) is 5.75 Å². The number of benzene rings is 2. The van der Waals surface area contributed by atoms with Crippen LogP contribution in [0.1, 0.15) is 38.8 Å². The SMILES string of the molecule is Cc1cccc(NC2=C(c3ccc(OCC(C)C)cc3)C(=O)N(C(C)C)C2=O)c1. The summed E-state index contributed by atoms with van der Waals surface area (Å²) in [6.45, 7) is 10.5. The fraction of sp³-hybridized carbons (Fsp3) is 0.333. The van der Waals surface area contributed by atoms with Gasteiger partial charge < -0.3 is 10.1 Å². The van der Waals surface area contributed by atoms with Gasteiger partial charge in [0, 0.05) is 11.7 Å². The number of anilines is 1. The van der Waals surface area contributed by atoms with Gasteiger partial charge in [-0.05, 0) is 62.1 Å². The summed E-state index contributed by atoms with van der Waals surface area (Å²) in [5, 5.41) is 3.19. The smallest absolute Gasteiger partial charge is 0.278 e. The van der Waals surface area contributed by atoms with E-state index >= 15 is 0 Å². The van der Waals surface area contributed by atoms with Gasteiger partial charge in [-0.1, -0.05) is 38.1 Å². The van der Waals surface area contributed by atoms with E-state index < -0.39 is 0 Å². The Morgan fingerprint density at radius 3 is 2.24 bits per heavy atom. The molecule has 0 aliphatic carbocycles. The van der Waals surface area contributed by atoms with E-state index in [-0.39, 0.29) is 17.9 Å². The molecule has 0 fully saturated rings. The fourth-order valence-electron chi connectivity index (χ4n) is 3.25. The maximum absolute atomic E-state index is 13.1. The molecule has 0 spiro atoms. The Balaban J connectivity index is 1.98. The number of ether oxygens (including phenoxy) is 1. The third-order valence-electron chi connectivity index (χ3n) is 4.65. The molecule has 5 heteroatoms. The van der Waals surface area contributed by atoms with Gasteiger partial charge in [-0.2, -0.15) is 0 Å². The number of carbonyl (C=O) groups is 2. The van der Waals surface area contributed by atoms with E-state index in [1.54, 1.807) is 0 Å². The zero-order valence-corrected chi connectivity index (χ0v) is 17.7. The van der Waals surface area contributed by atoms with Crippen LogP contribution in [-0.4, -0.2) is 29.4 Å². The molecule has 5 nitrogen and oxygen atoms in total. The van der Waals surface area contributed by atoms with Gasteiger partial charge in [-0.25, -0.2) is 0 Å². The summed E-state index contributed by atoms with van der Waals surface area (Å²) < 4.78 is 5.73. The third kappa shape index (κ3) is 4.50. The highest BCUT2D eigenvalue weighted by atomic mass is 16.5. The predicted octanol–water partition coefficient (Wildman–Crippen LogP) is 4.63. The van der Waals surface area contributed by atoms with Crippen molar-refractivity contribution >= 4 is 23.1 Å². The first kappa shape index (κ1) is 20.6. The maximum atomic E-state index is 13.1. The third-order valence-corrected chi connectivity index (χ3v) is 4.65. The minimum atomic E-state index is -0.304. The molecule has 1 aliphatic rings. The molecule has 2 amide bonds. The van der Waals surface area contributed by atoms with Crippen LogP contribution in [0, 0.1) is 12.8 Å². The molecule has 0 radical (unpaired) electrons. The number of carbonyl (C=O) groups excluding carboxylic acids is 2. The van der Waals surface area contributed by atoms with Crippen molar-refractivity contribution in [2.75, 3.05) is 11.9 Å². The van der Waals surface area contributed by atoms with Crippen LogP contribution in [0.5, 0.6) is 5.75 Å². The molecular weight excluding hydrogens is 364 g/mol. The Bertz CT molecular complexity index is 943. The van der Waals surface area contributed by atoms with E-state index in [0.29, 0.717) is 29.4 Å². The van der Waals surface area contributed by atoms with Crippen LogP contribution in [-0.2, 0) is 9.59 Å². The maximum Gasteiger partial charge on any atom is 0.278 e. The molecular formula is C24H28N2O3. The van der Waals surface area contributed by atoms with Gasteiger partial charge in [-0.15, -0.1) is 0 Å². The standard InChI is InChI=1S/C24H28N2O3/c1-15(2)14-29-20-11-9-18(10-12-20)21-22(24(28)26(16(3)4)23(21)27)25-19-8-6-7-17(5)13-19/h6-13,15-16,25H,14H2,1-5H3. The van der Waals surface area contributed by atoms with Crippen molar-refractivity contribution in [1.82, 2.24) is 4.90 Å². The van der Waals surface area contributed by atoms with Gasteiger partial charge in [0.15, 0.2) is 0 Å². The number of aryl methyl sites for hydroxylation is 1. The minimum absolute atomic E-state index is 0.226. The van der Waals surface area contributed by atoms with Crippen LogP contribution in [0.4, 0.5) is 5.69 Å². The second-order valence-corrected chi connectivity index (χ2v) is 8.05. The molecule has 2 aromatic rings. The molecule has 0 unspecified atom stereocenters. The lowest BCUT2D eigenvalue weighted by molar-refractivity contribution is -0.138. The molecule has 0 saturated carbocycles. The Hall–Kier alpha value is -3.08. The predicted molar refractivity (Wildman–Crippen MR) is 115 cm³/mol. The minimum Gasteiger partial charge on any atom is -0.493 e. The Labute approximate surface area is 172 Å². The zero-order valence-electron chi connectivity index (χ0n) is 17.7. The van der Waals surface area contributed by atoms with E-state index in [0.717, 1.165) is 17.0 Å². The van der Waals surface area contributed by atoms with Gasteiger partial charge >= 0.3 is 0 Å². The van der Waals surface area contributed by atoms with Crippen molar-refractivity contribution < 1.29 is 14.3 Å². The van der Waals surface area contributed by atoms with Crippen LogP contribution in [0.15, 0.2) is 54.2 Å². The van der Waals surface area contributed by atoms with Crippen LogP contribution < -0.4 is 10.1 Å². The fourth-order valence-corrected chi connectivity index (χ4v) is 3.25. The molecule has 3 rings (SSSR count). The summed E-state index contributed by atoms with van der Waals surface area (Å²) in [6.07, 6.45) is 0. The number of rotatable bonds is 7. The molecule has 0 saturated heterocycles. The highest BCUT2D eigenvalue weighted by molar-refractivity contribution is 6.36. The lowest BCUT2D eigenvalue weighted by atomic mass is 10.0. The van der Waals surface area contributed by atoms with Gasteiger partial charge in [0.2, 0.25) is 0 Å². The highest BCUT2D eigenvalue weighted by Crippen LogP contribution is 2.32. The molecule has 152 valence electrons. The molecule has 0 aromatic heterocycles. The second kappa shape index (κ2) is 8.52. The Morgan fingerprint density at radius 2 is 1.66 bits per heavy atom. The number of hydrogen-bond donors (Lipinski definition) is 1. The topological polar surface area (TPSA) is 58.6 Å². The zero-order chi connectivity index (χ0) is 21.1. The first-order chi connectivity index (χ1) is 13.8. The van der Waals surface area contributed by atoms with E-state index in [4.69, 9.17) is 4.74 Å².